The summed E-state index contributed by atoms with van der Waals surface area (Å²) in [5.41, 5.74) is 0.793. The summed E-state index contributed by atoms with van der Waals surface area (Å²) in [4.78, 5) is 9.14. The van der Waals surface area contributed by atoms with Crippen LogP contribution in [0.1, 0.15) is 11.7 Å². The molecule has 0 radical (unpaired) electrons. The van der Waals surface area contributed by atoms with Gasteiger partial charge in [-0.2, -0.15) is 5.26 Å². The molecule has 0 spiro atoms. The fraction of sp³-hybridized carbons (Fsp3) is 0.222. The van der Waals surface area contributed by atoms with Crippen molar-refractivity contribution in [3.8, 4) is 6.07 Å². The molecule has 0 saturated heterocycles. The molecule has 0 fully saturated rings. The highest BCUT2D eigenvalue weighted by atomic mass is 17.2. The topological polar surface area (TPSA) is 42.2 Å². The molecule has 0 aliphatic heterocycles. The number of nitrogens with zero attached hydrogens (tertiary/aromatic N) is 1. The first kappa shape index (κ1) is 8.72. The summed E-state index contributed by atoms with van der Waals surface area (Å²) < 4.78 is 0. The highest BCUT2D eigenvalue weighted by Crippen LogP contribution is 2.15. The monoisotopic (exact) mass is 163 g/mol. The Bertz CT molecular complexity index is 266. The summed E-state index contributed by atoms with van der Waals surface area (Å²) in [6, 6.07) is 11.2. The molecule has 0 heterocycles. The minimum Gasteiger partial charge on any atom is -0.238 e. The predicted molar refractivity (Wildman–Crippen MR) is 42.9 cm³/mol. The van der Waals surface area contributed by atoms with Crippen LogP contribution in [-0.4, -0.2) is 7.11 Å². The smallest absolute Gasteiger partial charge is 0.204 e. The van der Waals surface area contributed by atoms with Crippen LogP contribution in [-0.2, 0) is 9.78 Å². The van der Waals surface area contributed by atoms with Gasteiger partial charge in [0.05, 0.1) is 7.11 Å². The Balaban J connectivity index is 2.75. The Morgan fingerprint density at radius 2 is 2.00 bits per heavy atom. The molecule has 1 atom stereocenters. The van der Waals surface area contributed by atoms with Crippen molar-refractivity contribution in [1.29, 1.82) is 5.26 Å². The molecule has 0 aromatic heterocycles. The highest BCUT2D eigenvalue weighted by molar-refractivity contribution is 5.21. The molecular formula is C9H9NO2. The van der Waals surface area contributed by atoms with E-state index in [2.05, 4.69) is 4.89 Å². The minimum atomic E-state index is -0.642. The van der Waals surface area contributed by atoms with Crippen LogP contribution in [0.4, 0.5) is 0 Å². The number of hydrogen-bond acceptors (Lipinski definition) is 3. The van der Waals surface area contributed by atoms with Gasteiger partial charge in [0, 0.05) is 0 Å². The standard InChI is InChI=1S/C9H9NO2/c1-11-12-9(7-10)8-5-3-2-4-6-8/h2-6,9H,1H3. The van der Waals surface area contributed by atoms with E-state index in [1.165, 1.54) is 7.11 Å². The summed E-state index contributed by atoms with van der Waals surface area (Å²) in [6.07, 6.45) is -0.642. The second kappa shape index (κ2) is 4.50. The van der Waals surface area contributed by atoms with Crippen molar-refractivity contribution < 1.29 is 9.78 Å². The zero-order chi connectivity index (χ0) is 8.81. The lowest BCUT2D eigenvalue weighted by atomic mass is 10.1. The quantitative estimate of drug-likeness (QED) is 0.504. The molecule has 0 aliphatic carbocycles. The molecule has 0 N–H and O–H groups in total. The largest absolute Gasteiger partial charge is 0.238 e. The summed E-state index contributed by atoms with van der Waals surface area (Å²) in [7, 11) is 1.38. The first-order valence-corrected chi connectivity index (χ1v) is 3.52. The second-order valence-electron chi connectivity index (χ2n) is 2.18. The van der Waals surface area contributed by atoms with E-state index in [-0.39, 0.29) is 0 Å². The number of hydrogen-bond donors (Lipinski definition) is 0. The van der Waals surface area contributed by atoms with Crippen LogP contribution in [0, 0.1) is 11.3 Å². The van der Waals surface area contributed by atoms with Crippen molar-refractivity contribution in [1.82, 2.24) is 0 Å². The number of nitriles is 1. The Morgan fingerprint density at radius 1 is 1.33 bits per heavy atom. The molecule has 3 heteroatoms. The molecule has 12 heavy (non-hydrogen) atoms. The van der Waals surface area contributed by atoms with Gasteiger partial charge in [-0.1, -0.05) is 30.3 Å². The van der Waals surface area contributed by atoms with E-state index in [9.17, 15) is 0 Å². The fourth-order valence-corrected chi connectivity index (χ4v) is 0.876. The average Bonchev–Trinajstić information content (AvgIpc) is 2.15. The summed E-state index contributed by atoms with van der Waals surface area (Å²) in [6.45, 7) is 0. The van der Waals surface area contributed by atoms with Crippen LogP contribution >= 0.6 is 0 Å². The van der Waals surface area contributed by atoms with Crippen molar-refractivity contribution in [2.75, 3.05) is 7.11 Å². The van der Waals surface area contributed by atoms with Gasteiger partial charge < -0.3 is 0 Å². The minimum absolute atomic E-state index is 0.642. The molecule has 1 aromatic carbocycles. The lowest BCUT2D eigenvalue weighted by Crippen LogP contribution is -2.00. The van der Waals surface area contributed by atoms with Gasteiger partial charge in [-0.15, -0.1) is 0 Å². The molecular weight excluding hydrogens is 154 g/mol. The van der Waals surface area contributed by atoms with E-state index in [1.807, 2.05) is 36.4 Å². The molecule has 1 rings (SSSR count). The van der Waals surface area contributed by atoms with Crippen molar-refractivity contribution in [3.05, 3.63) is 35.9 Å². The van der Waals surface area contributed by atoms with E-state index in [4.69, 9.17) is 10.1 Å². The van der Waals surface area contributed by atoms with E-state index >= 15 is 0 Å². The van der Waals surface area contributed by atoms with Gasteiger partial charge in [0.2, 0.25) is 6.10 Å². The van der Waals surface area contributed by atoms with Crippen molar-refractivity contribution in [2.24, 2.45) is 0 Å². The molecule has 62 valence electrons. The SMILES string of the molecule is COOC(C#N)c1ccccc1. The Morgan fingerprint density at radius 3 is 2.50 bits per heavy atom. The molecule has 0 amide bonds. The zero-order valence-electron chi connectivity index (χ0n) is 6.73. The van der Waals surface area contributed by atoms with Crippen LogP contribution in [0.2, 0.25) is 0 Å². The van der Waals surface area contributed by atoms with Crippen LogP contribution in [0.25, 0.3) is 0 Å². The second-order valence-corrected chi connectivity index (χ2v) is 2.18. The highest BCUT2D eigenvalue weighted by Gasteiger charge is 2.09. The van der Waals surface area contributed by atoms with Gasteiger partial charge in [0.25, 0.3) is 0 Å². The van der Waals surface area contributed by atoms with E-state index < -0.39 is 6.10 Å². The van der Waals surface area contributed by atoms with Gasteiger partial charge in [0.15, 0.2) is 0 Å². The zero-order valence-corrected chi connectivity index (χ0v) is 6.73. The number of rotatable bonds is 3. The molecule has 0 aliphatic rings. The Kier molecular flexibility index (Phi) is 3.27. The molecule has 0 bridgehead atoms. The first-order valence-electron chi connectivity index (χ1n) is 3.52. The van der Waals surface area contributed by atoms with Gasteiger partial charge in [-0.3, -0.25) is 0 Å². The summed E-state index contributed by atoms with van der Waals surface area (Å²) in [5, 5.41) is 8.66. The van der Waals surface area contributed by atoms with Crippen LogP contribution in [0.5, 0.6) is 0 Å². The van der Waals surface area contributed by atoms with Crippen molar-refractivity contribution >= 4 is 0 Å². The van der Waals surface area contributed by atoms with E-state index in [0.29, 0.717) is 0 Å². The van der Waals surface area contributed by atoms with Crippen LogP contribution in [0.15, 0.2) is 30.3 Å². The lowest BCUT2D eigenvalue weighted by Gasteiger charge is -2.06. The van der Waals surface area contributed by atoms with E-state index in [0.717, 1.165) is 5.56 Å². The maximum absolute atomic E-state index is 8.66. The lowest BCUT2D eigenvalue weighted by molar-refractivity contribution is -0.294. The predicted octanol–water partition coefficient (Wildman–Crippen LogP) is 1.83. The van der Waals surface area contributed by atoms with Crippen LogP contribution < -0.4 is 0 Å². The van der Waals surface area contributed by atoms with Gasteiger partial charge in [0.1, 0.15) is 6.07 Å². The third-order valence-corrected chi connectivity index (χ3v) is 1.41. The third-order valence-electron chi connectivity index (χ3n) is 1.41. The Labute approximate surface area is 71.1 Å². The number of benzene rings is 1. The molecule has 3 nitrogen and oxygen atoms in total. The summed E-state index contributed by atoms with van der Waals surface area (Å²) in [5.74, 6) is 0. The van der Waals surface area contributed by atoms with Gasteiger partial charge in [-0.05, 0) is 5.56 Å². The Hall–Kier alpha value is -1.37. The first-order chi connectivity index (χ1) is 5.88. The normalized spacial score (nSPS) is 12.0. The maximum Gasteiger partial charge on any atom is 0.204 e. The average molecular weight is 163 g/mol. The molecule has 0 saturated carbocycles. The molecule has 1 aromatic rings. The van der Waals surface area contributed by atoms with Crippen molar-refractivity contribution in [2.45, 2.75) is 6.10 Å². The van der Waals surface area contributed by atoms with Gasteiger partial charge >= 0.3 is 0 Å². The summed E-state index contributed by atoms with van der Waals surface area (Å²) >= 11 is 0. The maximum atomic E-state index is 8.66. The van der Waals surface area contributed by atoms with Gasteiger partial charge in [-0.25, -0.2) is 9.78 Å². The van der Waals surface area contributed by atoms with E-state index in [1.54, 1.807) is 0 Å². The third kappa shape index (κ3) is 2.06. The van der Waals surface area contributed by atoms with Crippen LogP contribution in [0.3, 0.4) is 0 Å². The molecule has 1 unspecified atom stereocenters. The van der Waals surface area contributed by atoms with Crippen molar-refractivity contribution in [3.63, 3.8) is 0 Å². The fourth-order valence-electron chi connectivity index (χ4n) is 0.876.